The number of nitrogens with zero attached hydrogens (tertiary/aromatic N) is 10. The second-order valence-electron chi connectivity index (χ2n) is 34.3. The minimum Gasteiger partial charge on any atom is -0.385 e. The van der Waals surface area contributed by atoms with Crippen LogP contribution in [-0.4, -0.2) is 136 Å². The molecule has 5 fully saturated rings. The third-order valence-corrected chi connectivity index (χ3v) is 28.0. The molecule has 0 aliphatic heterocycles. The van der Waals surface area contributed by atoms with Crippen molar-refractivity contribution in [2.24, 2.45) is 23.7 Å². The van der Waals surface area contributed by atoms with Crippen LogP contribution in [0.1, 0.15) is 111 Å². The molecular weight excluding hydrogens is 1310 g/mol. The number of pyridine rings is 2. The highest BCUT2D eigenvalue weighted by atomic mass is 28.3. The van der Waals surface area contributed by atoms with Crippen LogP contribution in [0.3, 0.4) is 0 Å². The first-order valence-electron chi connectivity index (χ1n) is 37.1. The molecule has 21 heteroatoms. The molecule has 5 saturated carbocycles. The number of carbonyl (C=O) groups excluding carboxylic acids is 2. The van der Waals surface area contributed by atoms with Crippen molar-refractivity contribution < 1.29 is 33.6 Å². The van der Waals surface area contributed by atoms with Gasteiger partial charge >= 0.3 is 6.15 Å². The highest BCUT2D eigenvalue weighted by Crippen LogP contribution is 2.56. The molecule has 0 amide bonds. The van der Waals surface area contributed by atoms with Crippen molar-refractivity contribution >= 4 is 61.4 Å². The van der Waals surface area contributed by atoms with E-state index >= 15 is 0 Å². The van der Waals surface area contributed by atoms with Gasteiger partial charge in [0.1, 0.15) is 38.6 Å². The van der Waals surface area contributed by atoms with Crippen LogP contribution in [0.15, 0.2) is 110 Å². The number of aromatic nitrogens is 8. The van der Waals surface area contributed by atoms with Gasteiger partial charge in [-0.25, -0.2) is 9.97 Å². The monoisotopic (exact) mass is 1420 g/mol. The van der Waals surface area contributed by atoms with Crippen LogP contribution in [0.4, 0.5) is 11.6 Å². The van der Waals surface area contributed by atoms with Crippen LogP contribution < -0.4 is 9.80 Å². The van der Waals surface area contributed by atoms with Crippen LogP contribution in [0.2, 0.25) is 103 Å². The maximum atomic E-state index is 12.2. The SMILES string of the molecule is C[Si](C)(C)CCOCN(COCC[Si](C)(C)C)c1c(C2(O)CC2)c(C2C[C@H]3CC[C@@H](C2)C3)nc2c(-c3ccc(-c4ccccc4)nc3)cnn12.Cc1c(C2C[C@H]3CC[C@@H](C2)C3)nc2c(-c3ccc(-c4ccccc4)nc3)cnn2c1N(COCC[Si](C)(C)C)COCC[Si](C)(C)C.O=C=O. The molecule has 536 valence electrons. The molecule has 0 saturated heterocycles. The molecule has 17 nitrogen and oxygen atoms in total. The first-order chi connectivity index (χ1) is 47.7. The van der Waals surface area contributed by atoms with Gasteiger partial charge in [0.15, 0.2) is 11.3 Å². The summed E-state index contributed by atoms with van der Waals surface area (Å²) in [5.74, 6) is 5.84. The Morgan fingerprint density at radius 2 is 0.820 bits per heavy atom. The molecule has 100 heavy (non-hydrogen) atoms. The van der Waals surface area contributed by atoms with Gasteiger partial charge in [-0.15, -0.1) is 0 Å². The zero-order valence-corrected chi connectivity index (χ0v) is 66.2. The molecule has 13 rings (SSSR count). The summed E-state index contributed by atoms with van der Waals surface area (Å²) in [6.07, 6.45) is 22.4. The van der Waals surface area contributed by atoms with Crippen LogP contribution in [0.5, 0.6) is 0 Å². The van der Waals surface area contributed by atoms with Gasteiger partial charge in [-0.2, -0.15) is 28.8 Å². The molecule has 0 radical (unpaired) electrons. The molecule has 4 bridgehead atoms. The van der Waals surface area contributed by atoms with E-state index in [0.29, 0.717) is 52.0 Å². The van der Waals surface area contributed by atoms with Crippen LogP contribution >= 0.6 is 0 Å². The van der Waals surface area contributed by atoms with E-state index in [4.69, 9.17) is 58.7 Å². The third kappa shape index (κ3) is 19.5. The molecule has 0 spiro atoms. The molecule has 2 unspecified atom stereocenters. The molecule has 6 atom stereocenters. The Labute approximate surface area is 598 Å². The second kappa shape index (κ2) is 32.5. The molecule has 6 aromatic heterocycles. The molecule has 1 N–H and O–H groups in total. The van der Waals surface area contributed by atoms with Crippen molar-refractivity contribution in [1.82, 2.24) is 39.2 Å². The predicted molar refractivity (Wildman–Crippen MR) is 413 cm³/mol. The van der Waals surface area contributed by atoms with Gasteiger partial charge in [-0.05, 0) is 118 Å². The Balaban J connectivity index is 0.000000194. The molecular formula is C79H112N10O7Si4. The fourth-order valence-electron chi connectivity index (χ4n) is 15.3. The second-order valence-corrected chi connectivity index (χ2v) is 56.8. The summed E-state index contributed by atoms with van der Waals surface area (Å²) < 4.78 is 29.8. The predicted octanol–water partition coefficient (Wildman–Crippen LogP) is 18.1. The quantitative estimate of drug-likeness (QED) is 0.0265. The number of anilines is 2. The smallest absolute Gasteiger partial charge is 0.373 e. The average Bonchev–Trinajstić information content (AvgIpc) is 1.54. The third-order valence-electron chi connectivity index (χ3n) is 21.1. The summed E-state index contributed by atoms with van der Waals surface area (Å²) in [6, 6.07) is 33.6. The Bertz CT molecular complexity index is 3940. The lowest BCUT2D eigenvalue weighted by atomic mass is 9.77. The maximum Gasteiger partial charge on any atom is 0.373 e. The highest BCUT2D eigenvalue weighted by molar-refractivity contribution is 6.77. The lowest BCUT2D eigenvalue weighted by Gasteiger charge is -2.34. The van der Waals surface area contributed by atoms with E-state index in [1.165, 1.54) is 62.6 Å². The van der Waals surface area contributed by atoms with Crippen molar-refractivity contribution in [1.29, 1.82) is 0 Å². The standard InChI is InChI=1S/C40H57N5O3Si2.C38H55N5O2Si2.CO2/c1-49(2,3)20-18-47-27-44(28-48-19-21-50(4,5)6)39-36(40(46)16-17-40)37(33-23-29-12-13-30(22-29)24-33)43-38-34(26-42-45(38)39)32-14-15-35(41-25-32)31-10-8-7-9-11-31;1-28-36(33-22-29-13-14-30(21-29)23-33)41-37-34(32-15-16-35(39-24-32)31-11-9-8-10-12-31)25-40-43(37)38(28)42(26-44-17-19-46(2,3)4)27-45-18-20-47(5,6)7;2-1-3/h7-11,14-15,25-26,29-30,33,46H,12-13,16-24,27-28H2,1-6H3;8-12,15-16,24-25,29-30,33H,13-14,17-23,26-27H2,1-7H3;/t2*29-,30+,33?;. The van der Waals surface area contributed by atoms with Gasteiger partial charge in [-0.1, -0.05) is 177 Å². The summed E-state index contributed by atoms with van der Waals surface area (Å²) in [4.78, 5) is 41.5. The number of benzene rings is 2. The van der Waals surface area contributed by atoms with Crippen molar-refractivity contribution in [3.63, 3.8) is 0 Å². The molecule has 5 aliphatic rings. The number of hydrogen-bond donors (Lipinski definition) is 1. The summed E-state index contributed by atoms with van der Waals surface area (Å²) in [5, 5.41) is 22.2. The maximum absolute atomic E-state index is 12.2. The number of aliphatic hydroxyl groups is 1. The first-order valence-corrected chi connectivity index (χ1v) is 51.9. The van der Waals surface area contributed by atoms with Crippen LogP contribution in [-0.2, 0) is 34.1 Å². The van der Waals surface area contributed by atoms with Crippen molar-refractivity contribution in [3.05, 3.63) is 132 Å². The van der Waals surface area contributed by atoms with Gasteiger partial charge < -0.3 is 33.9 Å². The van der Waals surface area contributed by atoms with Gasteiger partial charge in [0, 0.05) is 127 Å². The summed E-state index contributed by atoms with van der Waals surface area (Å²) in [7, 11) is -4.99. The largest absolute Gasteiger partial charge is 0.385 e. The molecule has 5 aliphatic carbocycles. The van der Waals surface area contributed by atoms with Gasteiger partial charge in [-0.3, -0.25) is 9.97 Å². The van der Waals surface area contributed by atoms with Gasteiger partial charge in [0.05, 0.1) is 40.8 Å². The fraction of sp³-hybridized carbons (Fsp3) is 0.557. The topological polar surface area (TPSA) is 184 Å². The van der Waals surface area contributed by atoms with Crippen molar-refractivity contribution in [2.75, 3.05) is 63.2 Å². The average molecular weight is 1430 g/mol. The minimum atomic E-state index is -1.28. The highest BCUT2D eigenvalue weighted by Gasteiger charge is 2.50. The number of hydrogen-bond acceptors (Lipinski definition) is 15. The van der Waals surface area contributed by atoms with Crippen molar-refractivity contribution in [3.8, 4) is 44.8 Å². The van der Waals surface area contributed by atoms with Crippen LogP contribution in [0, 0.1) is 30.6 Å². The zero-order valence-electron chi connectivity index (χ0n) is 62.2. The molecule has 8 aromatic rings. The Morgan fingerprint density at radius 3 is 1.17 bits per heavy atom. The van der Waals surface area contributed by atoms with Gasteiger partial charge in [0.25, 0.3) is 0 Å². The number of rotatable bonds is 29. The van der Waals surface area contributed by atoms with E-state index in [9.17, 15) is 5.11 Å². The van der Waals surface area contributed by atoms with E-state index in [0.717, 1.165) is 166 Å². The summed E-state index contributed by atoms with van der Waals surface area (Å²) in [5.41, 5.74) is 13.3. The Hall–Kier alpha value is -6.37. The molecule has 6 heterocycles. The lowest BCUT2D eigenvalue weighted by Crippen LogP contribution is -2.36. The summed E-state index contributed by atoms with van der Waals surface area (Å²) in [6.45, 7) is 35.6. The van der Waals surface area contributed by atoms with E-state index < -0.39 is 37.9 Å². The Morgan fingerprint density at radius 1 is 0.470 bits per heavy atom. The summed E-state index contributed by atoms with van der Waals surface area (Å²) >= 11 is 0. The lowest BCUT2D eigenvalue weighted by molar-refractivity contribution is -0.191. The first kappa shape index (κ1) is 74.8. The van der Waals surface area contributed by atoms with E-state index in [1.807, 2.05) is 58.1 Å². The van der Waals surface area contributed by atoms with E-state index in [-0.39, 0.29) is 6.15 Å². The number of ether oxygens (including phenoxy) is 4. The van der Waals surface area contributed by atoms with Gasteiger partial charge in [0.2, 0.25) is 0 Å². The van der Waals surface area contributed by atoms with E-state index in [2.05, 4.69) is 156 Å². The molecule has 2 aromatic carbocycles. The van der Waals surface area contributed by atoms with Crippen LogP contribution in [0.25, 0.3) is 56.1 Å². The minimum absolute atomic E-state index is 0.250. The van der Waals surface area contributed by atoms with E-state index in [1.54, 1.807) is 0 Å². The zero-order chi connectivity index (χ0) is 71.0. The number of fused-ring (bicyclic) bond motifs is 6. The Kier molecular flexibility index (Phi) is 24.3. The normalized spacial score (nSPS) is 20.2. The van der Waals surface area contributed by atoms with Crippen molar-refractivity contribution in [2.45, 2.75) is 204 Å². The fourth-order valence-corrected chi connectivity index (χ4v) is 18.3.